The van der Waals surface area contributed by atoms with Crippen LogP contribution < -0.4 is 9.64 Å². The third-order valence-electron chi connectivity index (χ3n) is 4.43. The molecule has 0 bridgehead atoms. The summed E-state index contributed by atoms with van der Waals surface area (Å²) in [4.78, 5) is 1.87. The van der Waals surface area contributed by atoms with Crippen LogP contribution >= 0.6 is 23.8 Å². The normalized spacial score (nSPS) is 21.3. The fraction of sp³-hybridized carbons (Fsp3) is 0.500. The van der Waals surface area contributed by atoms with Crippen molar-refractivity contribution in [2.24, 2.45) is 0 Å². The van der Waals surface area contributed by atoms with Crippen molar-refractivity contribution in [2.45, 2.75) is 38.9 Å². The first-order valence-electron chi connectivity index (χ1n) is 7.85. The van der Waals surface area contributed by atoms with Crippen LogP contribution in [0.15, 0.2) is 22.6 Å². The molecule has 1 aliphatic heterocycles. The zero-order chi connectivity index (χ0) is 16.4. The van der Waals surface area contributed by atoms with Gasteiger partial charge in [-0.2, -0.15) is 4.68 Å². The molecule has 124 valence electrons. The van der Waals surface area contributed by atoms with Gasteiger partial charge in [0.15, 0.2) is 6.67 Å². The summed E-state index contributed by atoms with van der Waals surface area (Å²) in [6, 6.07) is 5.97. The first-order valence-corrected chi connectivity index (χ1v) is 8.63. The van der Waals surface area contributed by atoms with Crippen molar-refractivity contribution >= 4 is 23.8 Å². The summed E-state index contributed by atoms with van der Waals surface area (Å²) in [7, 11) is 1.61. The Morgan fingerprint density at radius 3 is 3.04 bits per heavy atom. The molecule has 0 amide bonds. The van der Waals surface area contributed by atoms with E-state index in [1.807, 2.05) is 0 Å². The minimum Gasteiger partial charge on any atom is -0.496 e. The van der Waals surface area contributed by atoms with Crippen LogP contribution in [0.4, 0.5) is 0 Å². The van der Waals surface area contributed by atoms with Crippen LogP contribution in [0.1, 0.15) is 26.2 Å². The van der Waals surface area contributed by atoms with E-state index < -0.39 is 0 Å². The minimum atomic E-state index is 0.382. The molecule has 1 fully saturated rings. The molecule has 0 radical (unpaired) electrons. The standard InChI is InChI=1S/C16H20ClN3O2S/c1-11-5-3-4-8-19(11)10-20-16(23)22-15(18-20)13-9-12(17)6-7-14(13)21-2/h6-7,9,11H,3-5,8,10H2,1-2H3/p+1/t11-/m1/s1. The van der Waals surface area contributed by atoms with E-state index in [0.29, 0.717) is 33.1 Å². The molecule has 23 heavy (non-hydrogen) atoms. The molecule has 2 heterocycles. The van der Waals surface area contributed by atoms with Gasteiger partial charge in [-0.15, -0.1) is 5.10 Å². The second kappa shape index (κ2) is 7.03. The number of hydrogen-bond acceptors (Lipinski definition) is 4. The lowest BCUT2D eigenvalue weighted by molar-refractivity contribution is -0.951. The Hall–Kier alpha value is -1.37. The van der Waals surface area contributed by atoms with E-state index in [4.69, 9.17) is 33.0 Å². The van der Waals surface area contributed by atoms with E-state index in [-0.39, 0.29) is 0 Å². The number of nitrogens with one attached hydrogen (secondary N) is 1. The summed E-state index contributed by atoms with van der Waals surface area (Å²) in [5, 5.41) is 5.15. The van der Waals surface area contributed by atoms with E-state index in [2.05, 4.69) is 12.0 Å². The monoisotopic (exact) mass is 354 g/mol. The second-order valence-corrected chi connectivity index (χ2v) is 6.77. The lowest BCUT2D eigenvalue weighted by Gasteiger charge is -2.29. The first kappa shape index (κ1) is 16.5. The van der Waals surface area contributed by atoms with Gasteiger partial charge in [0.2, 0.25) is 0 Å². The van der Waals surface area contributed by atoms with Gasteiger partial charge in [0.05, 0.1) is 25.3 Å². The Labute approximate surface area is 145 Å². The quantitative estimate of drug-likeness (QED) is 0.857. The number of aromatic nitrogens is 2. The Morgan fingerprint density at radius 1 is 1.48 bits per heavy atom. The maximum absolute atomic E-state index is 6.08. The zero-order valence-electron chi connectivity index (χ0n) is 13.3. The van der Waals surface area contributed by atoms with Gasteiger partial charge >= 0.3 is 0 Å². The summed E-state index contributed by atoms with van der Waals surface area (Å²) in [5.74, 6) is 1.11. The van der Waals surface area contributed by atoms with E-state index in [1.165, 1.54) is 24.2 Å². The van der Waals surface area contributed by atoms with Crippen LogP contribution in [0.25, 0.3) is 11.5 Å². The molecule has 0 aliphatic carbocycles. The molecule has 1 unspecified atom stereocenters. The lowest BCUT2D eigenvalue weighted by atomic mass is 10.0. The largest absolute Gasteiger partial charge is 0.496 e. The number of ether oxygens (including phenoxy) is 1. The van der Waals surface area contributed by atoms with Gasteiger partial charge in [-0.05, 0) is 56.6 Å². The van der Waals surface area contributed by atoms with Gasteiger partial charge in [0, 0.05) is 5.02 Å². The van der Waals surface area contributed by atoms with Crippen molar-refractivity contribution in [2.75, 3.05) is 13.7 Å². The molecular formula is C16H21ClN3O2S+. The molecule has 0 spiro atoms. The SMILES string of the molecule is COc1ccc(Cl)cc1-c1nn(C[NH+]2CCCC[C@H]2C)c(=S)o1. The van der Waals surface area contributed by atoms with Gasteiger partial charge < -0.3 is 14.1 Å². The van der Waals surface area contributed by atoms with Gasteiger partial charge in [-0.25, -0.2) is 0 Å². The summed E-state index contributed by atoms with van der Waals surface area (Å²) < 4.78 is 12.8. The Balaban J connectivity index is 1.89. The van der Waals surface area contributed by atoms with Crippen LogP contribution in [-0.2, 0) is 6.67 Å². The van der Waals surface area contributed by atoms with Gasteiger partial charge in [-0.3, -0.25) is 0 Å². The van der Waals surface area contributed by atoms with Crippen LogP contribution in [0.2, 0.25) is 5.02 Å². The van der Waals surface area contributed by atoms with Crippen molar-refractivity contribution in [3.8, 4) is 17.2 Å². The van der Waals surface area contributed by atoms with E-state index in [0.717, 1.165) is 13.2 Å². The van der Waals surface area contributed by atoms with E-state index >= 15 is 0 Å². The molecule has 1 aromatic carbocycles. The average Bonchev–Trinajstić information content (AvgIpc) is 2.90. The van der Waals surface area contributed by atoms with Crippen molar-refractivity contribution in [1.29, 1.82) is 0 Å². The molecule has 3 rings (SSSR count). The van der Waals surface area contributed by atoms with Crippen molar-refractivity contribution < 1.29 is 14.1 Å². The summed E-state index contributed by atoms with van der Waals surface area (Å²) in [5.41, 5.74) is 0.714. The number of nitrogens with zero attached hydrogens (tertiary/aromatic N) is 2. The number of quaternary nitrogens is 1. The highest BCUT2D eigenvalue weighted by Gasteiger charge is 2.23. The maximum Gasteiger partial charge on any atom is 0.292 e. The van der Waals surface area contributed by atoms with Gasteiger partial charge in [0.1, 0.15) is 5.75 Å². The minimum absolute atomic E-state index is 0.382. The van der Waals surface area contributed by atoms with Gasteiger partial charge in [0.25, 0.3) is 10.7 Å². The van der Waals surface area contributed by atoms with Gasteiger partial charge in [-0.1, -0.05) is 11.6 Å². The molecule has 7 heteroatoms. The second-order valence-electron chi connectivity index (χ2n) is 5.98. The number of benzene rings is 1. The molecule has 2 aromatic rings. The highest BCUT2D eigenvalue weighted by molar-refractivity contribution is 7.71. The number of hydrogen-bond donors (Lipinski definition) is 1. The molecule has 0 saturated carbocycles. The van der Waals surface area contributed by atoms with E-state index in [1.54, 1.807) is 30.0 Å². The van der Waals surface area contributed by atoms with Crippen LogP contribution in [0.3, 0.4) is 0 Å². The molecule has 1 aliphatic rings. The maximum atomic E-state index is 6.08. The Bertz CT molecular complexity index is 743. The number of piperidine rings is 1. The topological polar surface area (TPSA) is 44.6 Å². The Morgan fingerprint density at radius 2 is 2.30 bits per heavy atom. The summed E-state index contributed by atoms with van der Waals surface area (Å²) in [6.45, 7) is 4.15. The molecule has 2 atom stereocenters. The fourth-order valence-corrected chi connectivity index (χ4v) is 3.40. The first-order chi connectivity index (χ1) is 11.1. The highest BCUT2D eigenvalue weighted by Crippen LogP contribution is 2.31. The highest BCUT2D eigenvalue weighted by atomic mass is 35.5. The number of halogens is 1. The molecule has 5 nitrogen and oxygen atoms in total. The predicted octanol–water partition coefficient (Wildman–Crippen LogP) is 2.95. The zero-order valence-corrected chi connectivity index (χ0v) is 14.9. The Kier molecular flexibility index (Phi) is 5.04. The van der Waals surface area contributed by atoms with Crippen LogP contribution in [0, 0.1) is 4.84 Å². The summed E-state index contributed by atoms with van der Waals surface area (Å²) >= 11 is 11.4. The molecule has 1 aromatic heterocycles. The fourth-order valence-electron chi connectivity index (χ4n) is 3.04. The number of methoxy groups -OCH3 is 1. The van der Waals surface area contributed by atoms with Crippen LogP contribution in [-0.4, -0.2) is 29.5 Å². The van der Waals surface area contributed by atoms with Crippen molar-refractivity contribution in [1.82, 2.24) is 9.78 Å². The number of rotatable bonds is 4. The lowest BCUT2D eigenvalue weighted by Crippen LogP contribution is -3.15. The van der Waals surface area contributed by atoms with Crippen molar-refractivity contribution in [3.63, 3.8) is 0 Å². The predicted molar refractivity (Wildman–Crippen MR) is 91.5 cm³/mol. The molecular weight excluding hydrogens is 334 g/mol. The number of likely N-dealkylation sites (tertiary alicyclic amines) is 1. The van der Waals surface area contributed by atoms with E-state index in [9.17, 15) is 0 Å². The third-order valence-corrected chi connectivity index (χ3v) is 4.96. The smallest absolute Gasteiger partial charge is 0.292 e. The summed E-state index contributed by atoms with van der Waals surface area (Å²) in [6.07, 6.45) is 3.80. The third kappa shape index (κ3) is 3.59. The van der Waals surface area contributed by atoms with Crippen LogP contribution in [0.5, 0.6) is 5.75 Å². The molecule has 1 N–H and O–H groups in total. The average molecular weight is 355 g/mol. The van der Waals surface area contributed by atoms with Crippen molar-refractivity contribution in [3.05, 3.63) is 28.1 Å². The molecule has 1 saturated heterocycles.